The smallest absolute Gasteiger partial charge is 0.312 e. The van der Waals surface area contributed by atoms with E-state index in [9.17, 15) is 27.8 Å². The fraction of sp³-hybridized carbons (Fsp3) is 0.841. The molecule has 8 heteroatoms. The van der Waals surface area contributed by atoms with Crippen LogP contribution in [0.1, 0.15) is 138 Å². The SMILES string of the molecule is C=C(C)[C@@H]1CC[C@]2(NCCC3(O)CCS(=O)(=O)CC3)CC[C@]3(C)[C@H](CC[C@@H]4[C@@]5(C)CC=C(C6=CC[C@](CF)(C(=O)O)CC6)C(C)(C)[C@@H]5CC[C@]43C)[C@@H]12. The number of carboxylic acids is 1. The Morgan fingerprint density at radius 1 is 0.904 bits per heavy atom. The first-order valence-corrected chi connectivity index (χ1v) is 22.6. The van der Waals surface area contributed by atoms with Crippen molar-refractivity contribution in [3.63, 3.8) is 0 Å². The molecule has 0 bridgehead atoms. The first-order valence-electron chi connectivity index (χ1n) is 20.7. The molecule has 7 rings (SSSR count). The maximum atomic E-state index is 14.0. The number of nitrogens with one attached hydrogen (secondary N) is 1. The van der Waals surface area contributed by atoms with Gasteiger partial charge in [0, 0.05) is 5.54 Å². The van der Waals surface area contributed by atoms with Gasteiger partial charge in [0.25, 0.3) is 0 Å². The second kappa shape index (κ2) is 12.8. The quantitative estimate of drug-likeness (QED) is 0.215. The number of rotatable bonds is 8. The molecular weight excluding hydrogens is 674 g/mol. The van der Waals surface area contributed by atoms with Crippen molar-refractivity contribution in [1.29, 1.82) is 0 Å². The predicted molar refractivity (Wildman–Crippen MR) is 206 cm³/mol. The highest BCUT2D eigenvalue weighted by molar-refractivity contribution is 7.91. The highest BCUT2D eigenvalue weighted by Gasteiger charge is 2.70. The number of aliphatic hydroxyl groups is 1. The second-order valence-corrected chi connectivity index (χ2v) is 22.9. The summed E-state index contributed by atoms with van der Waals surface area (Å²) in [6.07, 6.45) is 17.8. The van der Waals surface area contributed by atoms with Gasteiger partial charge in [-0.3, -0.25) is 4.79 Å². The molecule has 0 radical (unpaired) electrons. The van der Waals surface area contributed by atoms with Crippen molar-refractivity contribution in [2.75, 3.05) is 24.7 Å². The topological polar surface area (TPSA) is 104 Å². The molecule has 6 aliphatic carbocycles. The van der Waals surface area contributed by atoms with Gasteiger partial charge in [-0.25, -0.2) is 12.8 Å². The van der Waals surface area contributed by atoms with Gasteiger partial charge in [-0.2, -0.15) is 0 Å². The van der Waals surface area contributed by atoms with E-state index in [1.54, 1.807) is 0 Å². The van der Waals surface area contributed by atoms with Crippen molar-refractivity contribution in [2.24, 2.45) is 56.7 Å². The number of fused-ring (bicyclic) bond motifs is 7. The van der Waals surface area contributed by atoms with Crippen LogP contribution in [-0.4, -0.2) is 60.5 Å². The molecule has 7 aliphatic rings. The summed E-state index contributed by atoms with van der Waals surface area (Å²) in [6, 6.07) is 0. The lowest BCUT2D eigenvalue weighted by Gasteiger charge is -2.72. The Morgan fingerprint density at radius 3 is 2.23 bits per heavy atom. The summed E-state index contributed by atoms with van der Waals surface area (Å²) < 4.78 is 38.2. The molecule has 1 aliphatic heterocycles. The molecule has 1 saturated heterocycles. The van der Waals surface area contributed by atoms with Crippen molar-refractivity contribution in [1.82, 2.24) is 5.32 Å². The van der Waals surface area contributed by atoms with Crippen LogP contribution >= 0.6 is 0 Å². The van der Waals surface area contributed by atoms with Gasteiger partial charge in [0.2, 0.25) is 0 Å². The minimum atomic E-state index is -3.03. The molecule has 0 spiro atoms. The molecular formula is C44H68FNO5S. The van der Waals surface area contributed by atoms with Crippen LogP contribution in [-0.2, 0) is 14.6 Å². The van der Waals surface area contributed by atoms with Gasteiger partial charge in [-0.1, -0.05) is 58.9 Å². The molecule has 5 fully saturated rings. The molecule has 0 unspecified atom stereocenters. The van der Waals surface area contributed by atoms with Crippen LogP contribution in [0.25, 0.3) is 0 Å². The molecule has 10 atom stereocenters. The van der Waals surface area contributed by atoms with E-state index >= 15 is 0 Å². The molecule has 52 heavy (non-hydrogen) atoms. The number of alkyl halides is 1. The lowest BCUT2D eigenvalue weighted by Crippen LogP contribution is -2.68. The third kappa shape index (κ3) is 5.70. The third-order valence-corrected chi connectivity index (χ3v) is 19.8. The molecule has 4 saturated carbocycles. The van der Waals surface area contributed by atoms with Crippen LogP contribution in [0, 0.1) is 56.7 Å². The average molecular weight is 742 g/mol. The van der Waals surface area contributed by atoms with Gasteiger partial charge in [0.05, 0.1) is 22.5 Å². The fourth-order valence-electron chi connectivity index (χ4n) is 14.8. The molecule has 0 amide bonds. The van der Waals surface area contributed by atoms with Crippen LogP contribution in [0.4, 0.5) is 4.39 Å². The number of halogens is 1. The van der Waals surface area contributed by atoms with E-state index in [2.05, 4.69) is 65.6 Å². The summed E-state index contributed by atoms with van der Waals surface area (Å²) in [4.78, 5) is 12.0. The summed E-state index contributed by atoms with van der Waals surface area (Å²) >= 11 is 0. The second-order valence-electron chi connectivity index (χ2n) is 20.6. The van der Waals surface area contributed by atoms with Crippen LogP contribution in [0.2, 0.25) is 0 Å². The van der Waals surface area contributed by atoms with Crippen LogP contribution < -0.4 is 5.32 Å². The monoisotopic (exact) mass is 741 g/mol. The number of hydrogen-bond acceptors (Lipinski definition) is 5. The summed E-state index contributed by atoms with van der Waals surface area (Å²) in [7, 11) is -3.03. The molecule has 0 aromatic carbocycles. The fourth-order valence-corrected chi connectivity index (χ4v) is 16.4. The Balaban J connectivity index is 1.14. The minimum Gasteiger partial charge on any atom is -0.481 e. The van der Waals surface area contributed by atoms with Gasteiger partial charge in [0.15, 0.2) is 9.84 Å². The van der Waals surface area contributed by atoms with Gasteiger partial charge < -0.3 is 15.5 Å². The maximum absolute atomic E-state index is 14.0. The van der Waals surface area contributed by atoms with Crippen molar-refractivity contribution in [3.8, 4) is 0 Å². The van der Waals surface area contributed by atoms with Crippen molar-refractivity contribution in [3.05, 3.63) is 35.5 Å². The summed E-state index contributed by atoms with van der Waals surface area (Å²) in [5, 5.41) is 25.3. The van der Waals surface area contributed by atoms with Gasteiger partial charge in [0.1, 0.15) is 6.67 Å². The molecule has 0 aromatic heterocycles. The van der Waals surface area contributed by atoms with Crippen LogP contribution in [0.3, 0.4) is 0 Å². The number of aliphatic carboxylic acids is 1. The molecule has 1 heterocycles. The van der Waals surface area contributed by atoms with Crippen molar-refractivity contribution < 1.29 is 27.8 Å². The van der Waals surface area contributed by atoms with Crippen LogP contribution in [0.5, 0.6) is 0 Å². The highest BCUT2D eigenvalue weighted by Crippen LogP contribution is 2.76. The third-order valence-electron chi connectivity index (χ3n) is 18.1. The molecule has 6 nitrogen and oxygen atoms in total. The molecule has 0 aromatic rings. The number of allylic oxidation sites excluding steroid dienone is 5. The normalized spacial score (nSPS) is 46.0. The Bertz CT molecular complexity index is 1640. The number of carboxylic acid groups (broad SMARTS) is 1. The summed E-state index contributed by atoms with van der Waals surface area (Å²) in [5.41, 5.74) is 2.39. The first kappa shape index (κ1) is 38.8. The zero-order valence-corrected chi connectivity index (χ0v) is 33.9. The number of hydrogen-bond donors (Lipinski definition) is 3. The van der Waals surface area contributed by atoms with Gasteiger partial charge >= 0.3 is 5.97 Å². The minimum absolute atomic E-state index is 0.0355. The average Bonchev–Trinajstić information content (AvgIpc) is 3.46. The van der Waals surface area contributed by atoms with Gasteiger partial charge in [-0.15, -0.1) is 0 Å². The maximum Gasteiger partial charge on any atom is 0.312 e. The number of carbonyl (C=O) groups is 1. The predicted octanol–water partition coefficient (Wildman–Crippen LogP) is 9.00. The van der Waals surface area contributed by atoms with Crippen LogP contribution in [0.15, 0.2) is 35.5 Å². The van der Waals surface area contributed by atoms with E-state index in [-0.39, 0.29) is 45.1 Å². The lowest BCUT2D eigenvalue weighted by molar-refractivity contribution is -0.221. The molecule has 292 valence electrons. The van der Waals surface area contributed by atoms with E-state index in [1.807, 2.05) is 0 Å². The zero-order valence-electron chi connectivity index (χ0n) is 33.1. The standard InChI is InChI=1S/C44H68FNO5S/c1-29(2)31-12-19-44(46-25-22-43(49)23-26-52(50,51)27-24-43)21-20-40(6)33(36(31)44)8-9-35-39(5)15-13-32(38(3,4)34(39)14-16-41(35,40)7)30-10-17-42(28-45,18-11-30)37(47)48/h10,13,31,33-36,46,49H,1,8-9,11-12,14-28H2,2-7H3,(H,47,48)/t31-,33+,34-,35+,36+,39-,40+,41+,42-,44-/m0/s1. The Morgan fingerprint density at radius 2 is 1.62 bits per heavy atom. The van der Waals surface area contributed by atoms with Crippen molar-refractivity contribution >= 4 is 15.8 Å². The van der Waals surface area contributed by atoms with E-state index in [1.165, 1.54) is 55.2 Å². The molecule has 3 N–H and O–H groups in total. The Kier molecular flexibility index (Phi) is 9.51. The van der Waals surface area contributed by atoms with E-state index in [0.717, 1.165) is 25.8 Å². The Labute approximate surface area is 313 Å². The summed E-state index contributed by atoms with van der Waals surface area (Å²) in [6.45, 7) is 19.5. The first-order chi connectivity index (χ1) is 24.2. The number of sulfone groups is 1. The van der Waals surface area contributed by atoms with E-state index in [4.69, 9.17) is 0 Å². The Hall–Kier alpha value is -1.51. The lowest BCUT2D eigenvalue weighted by atomic mass is 9.33. The van der Waals surface area contributed by atoms with Gasteiger partial charge in [-0.05, 0) is 172 Å². The largest absolute Gasteiger partial charge is 0.481 e. The summed E-state index contributed by atoms with van der Waals surface area (Å²) in [5.74, 6) is 1.93. The van der Waals surface area contributed by atoms with E-state index in [0.29, 0.717) is 61.7 Å². The van der Waals surface area contributed by atoms with Crippen molar-refractivity contribution in [2.45, 2.75) is 149 Å². The zero-order chi connectivity index (χ0) is 37.8. The highest BCUT2D eigenvalue weighted by atomic mass is 32.2. The van der Waals surface area contributed by atoms with E-state index < -0.39 is 33.5 Å².